The van der Waals surface area contributed by atoms with Gasteiger partial charge in [-0.05, 0) is 55.3 Å². The van der Waals surface area contributed by atoms with Crippen LogP contribution in [0.15, 0.2) is 42.5 Å². The van der Waals surface area contributed by atoms with Crippen molar-refractivity contribution in [2.75, 3.05) is 17.7 Å². The number of methoxy groups -OCH3 is 1. The van der Waals surface area contributed by atoms with E-state index in [1.807, 2.05) is 32.0 Å². The lowest BCUT2D eigenvalue weighted by Gasteiger charge is -2.10. The molecule has 0 saturated carbocycles. The molecule has 2 N–H and O–H groups in total. The van der Waals surface area contributed by atoms with E-state index in [2.05, 4.69) is 10.6 Å². The standard InChI is InChI=1S/C18H20N2O3/c1-12-4-5-13(2)16(10-12)20-18(22)11-17(21)19-14-6-8-15(23-3)9-7-14/h4-10H,11H2,1-3H3,(H,19,21)(H,20,22). The number of hydrogen-bond donors (Lipinski definition) is 2. The largest absolute Gasteiger partial charge is 0.497 e. The van der Waals surface area contributed by atoms with Crippen molar-refractivity contribution in [2.45, 2.75) is 20.3 Å². The molecule has 2 amide bonds. The zero-order valence-electron chi connectivity index (χ0n) is 13.5. The summed E-state index contributed by atoms with van der Waals surface area (Å²) < 4.78 is 5.05. The van der Waals surface area contributed by atoms with Gasteiger partial charge < -0.3 is 15.4 Å². The van der Waals surface area contributed by atoms with E-state index >= 15 is 0 Å². The summed E-state index contributed by atoms with van der Waals surface area (Å²) in [6.45, 7) is 3.86. The summed E-state index contributed by atoms with van der Waals surface area (Å²) in [7, 11) is 1.57. The number of hydrogen-bond acceptors (Lipinski definition) is 3. The van der Waals surface area contributed by atoms with E-state index in [1.54, 1.807) is 31.4 Å². The first kappa shape index (κ1) is 16.5. The fourth-order valence-corrected chi connectivity index (χ4v) is 2.09. The maximum absolute atomic E-state index is 12.0. The van der Waals surface area contributed by atoms with Gasteiger partial charge in [0.05, 0.1) is 7.11 Å². The summed E-state index contributed by atoms with van der Waals surface area (Å²) >= 11 is 0. The average molecular weight is 312 g/mol. The maximum Gasteiger partial charge on any atom is 0.233 e. The Hall–Kier alpha value is -2.82. The number of rotatable bonds is 5. The second-order valence-corrected chi connectivity index (χ2v) is 5.32. The van der Waals surface area contributed by atoms with Gasteiger partial charge in [0.25, 0.3) is 0 Å². The van der Waals surface area contributed by atoms with Crippen LogP contribution in [-0.4, -0.2) is 18.9 Å². The second-order valence-electron chi connectivity index (χ2n) is 5.32. The predicted octanol–water partition coefficient (Wildman–Crippen LogP) is 3.28. The molecule has 2 aromatic rings. The van der Waals surface area contributed by atoms with E-state index in [1.165, 1.54) is 0 Å². The molecule has 0 bridgehead atoms. The van der Waals surface area contributed by atoms with E-state index in [9.17, 15) is 9.59 Å². The zero-order valence-corrected chi connectivity index (χ0v) is 13.5. The molecule has 0 heterocycles. The van der Waals surface area contributed by atoms with Gasteiger partial charge in [-0.2, -0.15) is 0 Å². The van der Waals surface area contributed by atoms with Gasteiger partial charge >= 0.3 is 0 Å². The average Bonchev–Trinajstić information content (AvgIpc) is 2.51. The first-order valence-electron chi connectivity index (χ1n) is 7.29. The normalized spacial score (nSPS) is 10.0. The van der Waals surface area contributed by atoms with Crippen molar-refractivity contribution in [3.05, 3.63) is 53.6 Å². The van der Waals surface area contributed by atoms with Crippen LogP contribution in [0, 0.1) is 13.8 Å². The quantitative estimate of drug-likeness (QED) is 0.833. The van der Waals surface area contributed by atoms with Crippen molar-refractivity contribution in [1.82, 2.24) is 0 Å². The summed E-state index contributed by atoms with van der Waals surface area (Å²) in [6.07, 6.45) is -0.237. The van der Waals surface area contributed by atoms with Crippen molar-refractivity contribution in [1.29, 1.82) is 0 Å². The third kappa shape index (κ3) is 4.85. The van der Waals surface area contributed by atoms with Gasteiger partial charge in [0.15, 0.2) is 0 Å². The van der Waals surface area contributed by atoms with Crippen molar-refractivity contribution in [3.8, 4) is 5.75 Å². The second kappa shape index (κ2) is 7.45. The Bertz CT molecular complexity index is 709. The Balaban J connectivity index is 1.91. The van der Waals surface area contributed by atoms with Gasteiger partial charge in [0.1, 0.15) is 12.2 Å². The lowest BCUT2D eigenvalue weighted by Crippen LogP contribution is -2.21. The van der Waals surface area contributed by atoms with E-state index in [-0.39, 0.29) is 18.2 Å². The summed E-state index contributed by atoms with van der Waals surface area (Å²) in [5.41, 5.74) is 3.36. The van der Waals surface area contributed by atoms with Crippen LogP contribution < -0.4 is 15.4 Å². The number of ether oxygens (including phenoxy) is 1. The highest BCUT2D eigenvalue weighted by Gasteiger charge is 2.11. The molecule has 0 unspecified atom stereocenters. The number of benzene rings is 2. The van der Waals surface area contributed by atoms with Crippen LogP contribution >= 0.6 is 0 Å². The maximum atomic E-state index is 12.0. The SMILES string of the molecule is COc1ccc(NC(=O)CC(=O)Nc2cc(C)ccc2C)cc1. The molecule has 0 atom stereocenters. The molecule has 23 heavy (non-hydrogen) atoms. The highest BCUT2D eigenvalue weighted by Crippen LogP contribution is 2.17. The fraction of sp³-hybridized carbons (Fsp3) is 0.222. The summed E-state index contributed by atoms with van der Waals surface area (Å²) in [4.78, 5) is 23.9. The Morgan fingerprint density at radius 2 is 1.61 bits per heavy atom. The number of nitrogens with one attached hydrogen (secondary N) is 2. The molecule has 0 saturated heterocycles. The minimum atomic E-state index is -0.363. The molecule has 0 aliphatic carbocycles. The molecule has 0 spiro atoms. The van der Waals surface area contributed by atoms with Crippen LogP contribution in [0.1, 0.15) is 17.5 Å². The summed E-state index contributed by atoms with van der Waals surface area (Å²) in [6, 6.07) is 12.7. The first-order chi connectivity index (χ1) is 11.0. The van der Waals surface area contributed by atoms with Gasteiger partial charge in [0, 0.05) is 11.4 Å². The van der Waals surface area contributed by atoms with Gasteiger partial charge in [0.2, 0.25) is 11.8 Å². The van der Waals surface area contributed by atoms with Crippen LogP contribution in [0.5, 0.6) is 5.75 Å². The van der Waals surface area contributed by atoms with Gasteiger partial charge in [-0.1, -0.05) is 12.1 Å². The van der Waals surface area contributed by atoms with Crippen LogP contribution in [0.3, 0.4) is 0 Å². The molecule has 0 aliphatic heterocycles. The molecular formula is C18H20N2O3. The number of amides is 2. The number of carbonyl (C=O) groups excluding carboxylic acids is 2. The summed E-state index contributed by atoms with van der Waals surface area (Å²) in [5, 5.41) is 5.45. The molecule has 0 radical (unpaired) electrons. The monoisotopic (exact) mass is 312 g/mol. The number of aryl methyl sites for hydroxylation is 2. The van der Waals surface area contributed by atoms with E-state index in [0.717, 1.165) is 16.8 Å². The molecule has 0 aromatic heterocycles. The smallest absolute Gasteiger partial charge is 0.233 e. The van der Waals surface area contributed by atoms with E-state index < -0.39 is 0 Å². The van der Waals surface area contributed by atoms with E-state index in [0.29, 0.717) is 11.4 Å². The molecule has 0 fully saturated rings. The Morgan fingerprint density at radius 3 is 2.26 bits per heavy atom. The van der Waals surface area contributed by atoms with Crippen molar-refractivity contribution in [2.24, 2.45) is 0 Å². The molecule has 5 nitrogen and oxygen atoms in total. The number of carbonyl (C=O) groups is 2. The molecule has 0 aliphatic rings. The molecule has 2 aromatic carbocycles. The minimum Gasteiger partial charge on any atom is -0.497 e. The number of anilines is 2. The Labute approximate surface area is 135 Å². The van der Waals surface area contributed by atoms with Crippen molar-refractivity contribution < 1.29 is 14.3 Å². The van der Waals surface area contributed by atoms with Crippen molar-refractivity contribution >= 4 is 23.2 Å². The van der Waals surface area contributed by atoms with Gasteiger partial charge in [-0.25, -0.2) is 0 Å². The van der Waals surface area contributed by atoms with Gasteiger partial charge in [-0.3, -0.25) is 9.59 Å². The van der Waals surface area contributed by atoms with Crippen LogP contribution in [-0.2, 0) is 9.59 Å². The molecule has 5 heteroatoms. The lowest BCUT2D eigenvalue weighted by atomic mass is 10.1. The highest BCUT2D eigenvalue weighted by atomic mass is 16.5. The Morgan fingerprint density at radius 1 is 0.957 bits per heavy atom. The van der Waals surface area contributed by atoms with Crippen LogP contribution in [0.25, 0.3) is 0 Å². The van der Waals surface area contributed by atoms with Crippen molar-refractivity contribution in [3.63, 3.8) is 0 Å². The van der Waals surface area contributed by atoms with Gasteiger partial charge in [-0.15, -0.1) is 0 Å². The fourth-order valence-electron chi connectivity index (χ4n) is 2.09. The minimum absolute atomic E-state index is 0.237. The molecular weight excluding hydrogens is 292 g/mol. The van der Waals surface area contributed by atoms with E-state index in [4.69, 9.17) is 4.74 Å². The first-order valence-corrected chi connectivity index (χ1v) is 7.29. The lowest BCUT2D eigenvalue weighted by molar-refractivity contribution is -0.123. The third-order valence-electron chi connectivity index (χ3n) is 3.36. The third-order valence-corrected chi connectivity index (χ3v) is 3.36. The highest BCUT2D eigenvalue weighted by molar-refractivity contribution is 6.08. The Kier molecular flexibility index (Phi) is 5.36. The topological polar surface area (TPSA) is 67.4 Å². The van der Waals surface area contributed by atoms with Crippen LogP contribution in [0.4, 0.5) is 11.4 Å². The van der Waals surface area contributed by atoms with Crippen LogP contribution in [0.2, 0.25) is 0 Å². The molecule has 120 valence electrons. The zero-order chi connectivity index (χ0) is 16.8. The predicted molar refractivity (Wildman–Crippen MR) is 90.8 cm³/mol. The molecule has 2 rings (SSSR count). The summed E-state index contributed by atoms with van der Waals surface area (Å²) in [5.74, 6) is -0.00153.